The van der Waals surface area contributed by atoms with Crippen molar-refractivity contribution in [1.29, 1.82) is 0 Å². The molecule has 0 radical (unpaired) electrons. The molecule has 0 spiro atoms. The fraction of sp³-hybridized carbons (Fsp3) is 0.625. The predicted molar refractivity (Wildman–Crippen MR) is 39.1 cm³/mol. The maximum Gasteiger partial charge on any atom is 0.139 e. The first-order valence-corrected chi connectivity index (χ1v) is 3.83. The van der Waals surface area contributed by atoms with Gasteiger partial charge in [0.2, 0.25) is 0 Å². The highest BCUT2D eigenvalue weighted by Gasteiger charge is 2.41. The van der Waals surface area contributed by atoms with Crippen LogP contribution in [0.5, 0.6) is 0 Å². The molecule has 1 aromatic heterocycles. The second kappa shape index (κ2) is 2.08. The number of nitrogens with zero attached hydrogens (tertiary/aromatic N) is 1. The Morgan fingerprint density at radius 3 is 2.91 bits per heavy atom. The molecule has 2 rings (SSSR count). The number of rotatable bonds is 2. The van der Waals surface area contributed by atoms with Crippen LogP contribution in [0.15, 0.2) is 10.6 Å². The average Bonchev–Trinajstić information content (AvgIpc) is 2.49. The molecule has 60 valence electrons. The number of aromatic nitrogens is 1. The third-order valence-corrected chi connectivity index (χ3v) is 2.01. The van der Waals surface area contributed by atoms with Crippen molar-refractivity contribution in [2.45, 2.75) is 31.8 Å². The van der Waals surface area contributed by atoms with Crippen LogP contribution in [0.25, 0.3) is 0 Å². The van der Waals surface area contributed by atoms with Crippen LogP contribution in [-0.4, -0.2) is 15.9 Å². The number of hydrogen-bond donors (Lipinski definition) is 1. The van der Waals surface area contributed by atoms with Crippen molar-refractivity contribution < 1.29 is 9.63 Å². The van der Waals surface area contributed by atoms with E-state index in [-0.39, 0.29) is 0 Å². The molecular weight excluding hydrogens is 142 g/mol. The van der Waals surface area contributed by atoms with E-state index in [1.54, 1.807) is 0 Å². The maximum absolute atomic E-state index is 9.50. The minimum absolute atomic E-state index is 0.466. The molecule has 1 saturated carbocycles. The molecule has 0 aliphatic heterocycles. The summed E-state index contributed by atoms with van der Waals surface area (Å²) in [6, 6.07) is 1.87. The molecule has 0 amide bonds. The molecule has 1 aliphatic rings. The Morgan fingerprint density at radius 1 is 1.73 bits per heavy atom. The standard InChI is InChI=1S/C8H11NO2/c1-6-4-7(11-9-6)5-8(10)2-3-8/h4,10H,2-3,5H2,1H3. The molecule has 0 saturated heterocycles. The zero-order chi connectivity index (χ0) is 7.90. The van der Waals surface area contributed by atoms with Gasteiger partial charge in [0.25, 0.3) is 0 Å². The molecule has 3 heteroatoms. The highest BCUT2D eigenvalue weighted by Crippen LogP contribution is 2.38. The third kappa shape index (κ3) is 1.43. The SMILES string of the molecule is Cc1cc(CC2(O)CC2)on1. The van der Waals surface area contributed by atoms with Gasteiger partial charge in [-0.05, 0) is 19.8 Å². The van der Waals surface area contributed by atoms with Crippen molar-refractivity contribution in [3.05, 3.63) is 17.5 Å². The highest BCUT2D eigenvalue weighted by atomic mass is 16.5. The lowest BCUT2D eigenvalue weighted by atomic mass is 10.2. The summed E-state index contributed by atoms with van der Waals surface area (Å²) in [5.41, 5.74) is 0.413. The van der Waals surface area contributed by atoms with Gasteiger partial charge in [-0.2, -0.15) is 0 Å². The first-order chi connectivity index (χ1) is 5.18. The van der Waals surface area contributed by atoms with Gasteiger partial charge in [0.15, 0.2) is 0 Å². The van der Waals surface area contributed by atoms with E-state index in [4.69, 9.17) is 4.52 Å². The monoisotopic (exact) mass is 153 g/mol. The number of hydrogen-bond acceptors (Lipinski definition) is 3. The Bertz CT molecular complexity index is 263. The summed E-state index contributed by atoms with van der Waals surface area (Å²) in [7, 11) is 0. The Balaban J connectivity index is 2.06. The molecule has 1 aliphatic carbocycles. The van der Waals surface area contributed by atoms with E-state index in [1.807, 2.05) is 13.0 Å². The lowest BCUT2D eigenvalue weighted by Crippen LogP contribution is -2.09. The quantitative estimate of drug-likeness (QED) is 0.690. The molecule has 1 aromatic rings. The normalized spacial score (nSPS) is 20.2. The maximum atomic E-state index is 9.50. The van der Waals surface area contributed by atoms with Crippen LogP contribution >= 0.6 is 0 Å². The second-order valence-electron chi connectivity index (χ2n) is 3.34. The van der Waals surface area contributed by atoms with Gasteiger partial charge in [-0.25, -0.2) is 0 Å². The van der Waals surface area contributed by atoms with Gasteiger partial charge in [0, 0.05) is 12.5 Å². The van der Waals surface area contributed by atoms with Gasteiger partial charge in [0.05, 0.1) is 11.3 Å². The molecule has 1 N–H and O–H groups in total. The van der Waals surface area contributed by atoms with E-state index in [2.05, 4.69) is 5.16 Å². The van der Waals surface area contributed by atoms with Crippen molar-refractivity contribution in [2.75, 3.05) is 0 Å². The van der Waals surface area contributed by atoms with E-state index in [1.165, 1.54) is 0 Å². The Labute approximate surface area is 65.0 Å². The van der Waals surface area contributed by atoms with Gasteiger partial charge >= 0.3 is 0 Å². The predicted octanol–water partition coefficient (Wildman–Crippen LogP) is 1.05. The summed E-state index contributed by atoms with van der Waals surface area (Å²) in [6.07, 6.45) is 2.41. The van der Waals surface area contributed by atoms with Gasteiger partial charge in [-0.15, -0.1) is 0 Å². The molecule has 11 heavy (non-hydrogen) atoms. The lowest BCUT2D eigenvalue weighted by Gasteiger charge is -2.01. The summed E-state index contributed by atoms with van der Waals surface area (Å²) in [6.45, 7) is 1.88. The summed E-state index contributed by atoms with van der Waals surface area (Å²) < 4.78 is 4.97. The first kappa shape index (κ1) is 6.85. The molecule has 3 nitrogen and oxygen atoms in total. The number of aryl methyl sites for hydroxylation is 1. The highest BCUT2D eigenvalue weighted by molar-refractivity contribution is 5.10. The lowest BCUT2D eigenvalue weighted by molar-refractivity contribution is 0.140. The minimum atomic E-state index is -0.466. The van der Waals surface area contributed by atoms with Crippen molar-refractivity contribution >= 4 is 0 Å². The molecule has 0 unspecified atom stereocenters. The van der Waals surface area contributed by atoms with E-state index in [0.29, 0.717) is 6.42 Å². The molecule has 0 aromatic carbocycles. The zero-order valence-electron chi connectivity index (χ0n) is 6.50. The van der Waals surface area contributed by atoms with Crippen molar-refractivity contribution in [2.24, 2.45) is 0 Å². The van der Waals surface area contributed by atoms with Crippen molar-refractivity contribution in [3.63, 3.8) is 0 Å². The van der Waals surface area contributed by atoms with Gasteiger partial charge in [-0.1, -0.05) is 5.16 Å². The van der Waals surface area contributed by atoms with Gasteiger partial charge in [-0.3, -0.25) is 0 Å². The topological polar surface area (TPSA) is 46.3 Å². The van der Waals surface area contributed by atoms with E-state index in [0.717, 1.165) is 24.3 Å². The van der Waals surface area contributed by atoms with Crippen LogP contribution in [0, 0.1) is 6.92 Å². The van der Waals surface area contributed by atoms with Crippen LogP contribution in [0.3, 0.4) is 0 Å². The second-order valence-corrected chi connectivity index (χ2v) is 3.34. The molecule has 0 bridgehead atoms. The molecule has 1 fully saturated rings. The fourth-order valence-electron chi connectivity index (χ4n) is 1.15. The fourth-order valence-corrected chi connectivity index (χ4v) is 1.15. The van der Waals surface area contributed by atoms with E-state index < -0.39 is 5.60 Å². The van der Waals surface area contributed by atoms with Gasteiger partial charge in [0.1, 0.15) is 5.76 Å². The molecular formula is C8H11NO2. The molecule has 1 heterocycles. The van der Waals surface area contributed by atoms with E-state index >= 15 is 0 Å². The summed E-state index contributed by atoms with van der Waals surface area (Å²) in [4.78, 5) is 0. The zero-order valence-corrected chi connectivity index (χ0v) is 6.50. The summed E-state index contributed by atoms with van der Waals surface area (Å²) in [5.74, 6) is 0.794. The Kier molecular flexibility index (Phi) is 1.29. The van der Waals surface area contributed by atoms with Crippen LogP contribution in [-0.2, 0) is 6.42 Å². The Morgan fingerprint density at radius 2 is 2.45 bits per heavy atom. The van der Waals surface area contributed by atoms with Crippen LogP contribution < -0.4 is 0 Å². The van der Waals surface area contributed by atoms with Gasteiger partial charge < -0.3 is 9.63 Å². The van der Waals surface area contributed by atoms with Crippen molar-refractivity contribution in [3.8, 4) is 0 Å². The van der Waals surface area contributed by atoms with E-state index in [9.17, 15) is 5.11 Å². The van der Waals surface area contributed by atoms with Crippen LogP contribution in [0.1, 0.15) is 24.3 Å². The average molecular weight is 153 g/mol. The van der Waals surface area contributed by atoms with Crippen LogP contribution in [0.4, 0.5) is 0 Å². The third-order valence-electron chi connectivity index (χ3n) is 2.01. The number of aliphatic hydroxyl groups is 1. The molecule has 0 atom stereocenters. The minimum Gasteiger partial charge on any atom is -0.389 e. The summed E-state index contributed by atoms with van der Waals surface area (Å²) in [5, 5.41) is 13.2. The van der Waals surface area contributed by atoms with Crippen molar-refractivity contribution in [1.82, 2.24) is 5.16 Å². The Hall–Kier alpha value is -0.830. The van der Waals surface area contributed by atoms with Crippen LogP contribution in [0.2, 0.25) is 0 Å². The smallest absolute Gasteiger partial charge is 0.139 e. The summed E-state index contributed by atoms with van der Waals surface area (Å²) >= 11 is 0. The first-order valence-electron chi connectivity index (χ1n) is 3.83. The largest absolute Gasteiger partial charge is 0.389 e.